The van der Waals surface area contributed by atoms with Gasteiger partial charge >= 0.3 is 5.97 Å². The van der Waals surface area contributed by atoms with Crippen LogP contribution in [0.2, 0.25) is 0 Å². The summed E-state index contributed by atoms with van der Waals surface area (Å²) in [6.07, 6.45) is 8.97. The predicted octanol–water partition coefficient (Wildman–Crippen LogP) is 6.72. The van der Waals surface area contributed by atoms with Crippen molar-refractivity contribution in [2.45, 2.75) is 51.4 Å². The summed E-state index contributed by atoms with van der Waals surface area (Å²) in [5, 5.41) is 31.8. The Balaban J connectivity index is 0.000000173. The van der Waals surface area contributed by atoms with Gasteiger partial charge in [-0.05, 0) is 123 Å². The third-order valence-corrected chi connectivity index (χ3v) is 10.0. The summed E-state index contributed by atoms with van der Waals surface area (Å²) in [6, 6.07) is 30.9. The lowest BCUT2D eigenvalue weighted by molar-refractivity contribution is -0.137. The van der Waals surface area contributed by atoms with E-state index in [9.17, 15) is 9.59 Å². The maximum atomic E-state index is 12.1. The van der Waals surface area contributed by atoms with Crippen LogP contribution in [0.1, 0.15) is 49.7 Å². The van der Waals surface area contributed by atoms with Gasteiger partial charge in [0, 0.05) is 24.2 Å². The normalized spacial score (nSPS) is 12.9. The summed E-state index contributed by atoms with van der Waals surface area (Å²) in [6.45, 7) is 1.17. The molecule has 0 spiro atoms. The number of carbonyl (C=O) groups excluding carboxylic acids is 1. The highest BCUT2D eigenvalue weighted by atomic mass is 16.5. The van der Waals surface area contributed by atoms with Crippen LogP contribution < -0.4 is 25.8 Å². The van der Waals surface area contributed by atoms with Crippen molar-refractivity contribution < 1.29 is 24.2 Å². The van der Waals surface area contributed by atoms with Crippen molar-refractivity contribution >= 4 is 57.4 Å². The molecular weight excluding hydrogens is 803 g/mol. The second-order valence-electron chi connectivity index (χ2n) is 14.7. The van der Waals surface area contributed by atoms with Gasteiger partial charge in [0.2, 0.25) is 11.9 Å². The number of hydrogen-bond donors (Lipinski definition) is 4. The van der Waals surface area contributed by atoms with Crippen LogP contribution in [-0.4, -0.2) is 86.5 Å². The second kappa shape index (κ2) is 20.1. The fraction of sp³-hybridized carbons (Fsp3) is 0.244. The standard InChI is InChI=1S/C23H22N6O2.C22H23N7O3/c30-19-4-2-1-3-16-5-7-17(8-6-16)25-23-24-15-21-22(26-23)29(28-27-21)18-9-11-20(12-10-18)31-14-13-19;23-12-1-2-15-3-5-16(6-4-15)25-22-24-14-19-21(26-22)29(28-27-19)17-7-9-18(10-8-17)32-13-11-20(30)31/h5-12,15H,1-4,13-14H2,(H,24,25,26);3-10,14H,1-2,11-13,23H2,(H,30,31)(H,24,25,26). The Hall–Kier alpha value is -7.86. The number of fused-ring (bicyclic) bond motifs is 1. The van der Waals surface area contributed by atoms with Crippen molar-refractivity contribution in [2.24, 2.45) is 5.73 Å². The number of nitrogens with one attached hydrogen (secondary N) is 2. The van der Waals surface area contributed by atoms with Gasteiger partial charge < -0.3 is 30.9 Å². The summed E-state index contributed by atoms with van der Waals surface area (Å²) in [5.41, 5.74) is 13.7. The third-order valence-electron chi connectivity index (χ3n) is 10.0. The molecule has 0 radical (unpaired) electrons. The number of nitrogens with zero attached hydrogens (tertiary/aromatic N) is 10. The van der Waals surface area contributed by atoms with E-state index in [1.807, 2.05) is 48.5 Å². The quantitative estimate of drug-likeness (QED) is 0.112. The first-order chi connectivity index (χ1) is 30.9. The number of Topliss-reactive ketones (excluding diaryl/α,β-unsaturated/α-hetero) is 1. The molecule has 0 atom stereocenters. The molecule has 320 valence electrons. The fourth-order valence-electron chi connectivity index (χ4n) is 6.68. The Morgan fingerprint density at radius 1 is 0.794 bits per heavy atom. The van der Waals surface area contributed by atoms with E-state index in [0.717, 1.165) is 54.9 Å². The highest BCUT2D eigenvalue weighted by Gasteiger charge is 2.13. The monoisotopic (exact) mass is 847 g/mol. The summed E-state index contributed by atoms with van der Waals surface area (Å²) < 4.78 is 14.4. The topological polar surface area (TPSA) is 236 Å². The molecule has 4 aromatic heterocycles. The summed E-state index contributed by atoms with van der Waals surface area (Å²) in [4.78, 5) is 40.6. The molecular formula is C45H45N13O5. The molecule has 5 N–H and O–H groups in total. The van der Waals surface area contributed by atoms with Gasteiger partial charge in [-0.2, -0.15) is 19.3 Å². The number of rotatable bonds is 10. The Labute approximate surface area is 361 Å². The zero-order chi connectivity index (χ0) is 43.4. The first-order valence-corrected chi connectivity index (χ1v) is 20.7. The number of aliphatic carboxylic acids is 1. The molecule has 0 saturated heterocycles. The number of aromatic nitrogens is 10. The van der Waals surface area contributed by atoms with Gasteiger partial charge in [-0.15, -0.1) is 10.2 Å². The molecule has 8 aromatic rings. The van der Waals surface area contributed by atoms with E-state index in [2.05, 4.69) is 75.5 Å². The van der Waals surface area contributed by atoms with Crippen LogP contribution in [0.3, 0.4) is 0 Å². The smallest absolute Gasteiger partial charge is 0.306 e. The van der Waals surface area contributed by atoms with E-state index in [1.54, 1.807) is 46.0 Å². The van der Waals surface area contributed by atoms with Crippen molar-refractivity contribution in [3.63, 3.8) is 0 Å². The molecule has 12 rings (SSSR count). The van der Waals surface area contributed by atoms with Crippen LogP contribution in [0.5, 0.6) is 11.5 Å². The lowest BCUT2D eigenvalue weighted by Crippen LogP contribution is -2.06. The number of carboxylic acids is 1. The first-order valence-electron chi connectivity index (χ1n) is 20.7. The van der Waals surface area contributed by atoms with Crippen molar-refractivity contribution in [1.29, 1.82) is 0 Å². The Morgan fingerprint density at radius 2 is 1.46 bits per heavy atom. The number of nitrogens with two attached hydrogens (primary N) is 1. The third kappa shape index (κ3) is 11.1. The van der Waals surface area contributed by atoms with Crippen LogP contribution in [-0.2, 0) is 22.4 Å². The molecule has 63 heavy (non-hydrogen) atoms. The largest absolute Gasteiger partial charge is 0.493 e. The molecule has 0 unspecified atom stereocenters. The Morgan fingerprint density at radius 3 is 2.16 bits per heavy atom. The zero-order valence-corrected chi connectivity index (χ0v) is 34.3. The van der Waals surface area contributed by atoms with Gasteiger partial charge in [-0.3, -0.25) is 9.59 Å². The van der Waals surface area contributed by atoms with Crippen LogP contribution in [0.25, 0.3) is 33.7 Å². The minimum absolute atomic E-state index is 0.0570. The van der Waals surface area contributed by atoms with E-state index in [-0.39, 0.29) is 18.8 Å². The van der Waals surface area contributed by atoms with Crippen molar-refractivity contribution in [3.05, 3.63) is 121 Å². The molecule has 0 amide bonds. The van der Waals surface area contributed by atoms with E-state index in [0.29, 0.717) is 71.7 Å². The highest BCUT2D eigenvalue weighted by Crippen LogP contribution is 2.23. The first kappa shape index (κ1) is 41.9. The minimum atomic E-state index is -0.901. The predicted molar refractivity (Wildman–Crippen MR) is 236 cm³/mol. The number of aryl methyl sites for hydroxylation is 2. The average molecular weight is 848 g/mol. The number of ketones is 1. The van der Waals surface area contributed by atoms with Crippen LogP contribution in [0.4, 0.5) is 23.3 Å². The Kier molecular flexibility index (Phi) is 13.4. The van der Waals surface area contributed by atoms with Crippen molar-refractivity contribution in [2.75, 3.05) is 30.4 Å². The molecule has 0 aliphatic carbocycles. The van der Waals surface area contributed by atoms with E-state index < -0.39 is 5.97 Å². The highest BCUT2D eigenvalue weighted by molar-refractivity contribution is 5.78. The van der Waals surface area contributed by atoms with Crippen LogP contribution in [0.15, 0.2) is 109 Å². The molecule has 0 saturated carbocycles. The number of carbonyl (C=O) groups is 2. The molecule has 4 aliphatic rings. The molecule has 4 aromatic carbocycles. The van der Waals surface area contributed by atoms with E-state index in [4.69, 9.17) is 20.3 Å². The molecule has 4 aliphatic heterocycles. The molecule has 18 heteroatoms. The van der Waals surface area contributed by atoms with E-state index >= 15 is 0 Å². The molecule has 0 fully saturated rings. The maximum Gasteiger partial charge on any atom is 0.306 e. The number of benzene rings is 4. The van der Waals surface area contributed by atoms with Gasteiger partial charge in [0.1, 0.15) is 17.3 Å². The van der Waals surface area contributed by atoms with Crippen LogP contribution >= 0.6 is 0 Å². The number of anilines is 4. The lowest BCUT2D eigenvalue weighted by Gasteiger charge is -2.08. The van der Waals surface area contributed by atoms with Crippen molar-refractivity contribution in [1.82, 2.24) is 49.9 Å². The van der Waals surface area contributed by atoms with Crippen LogP contribution in [0, 0.1) is 0 Å². The number of ether oxygens (including phenoxy) is 2. The second-order valence-corrected chi connectivity index (χ2v) is 14.7. The SMILES string of the molecule is NCCCc1ccc(Nc2ncc3nnn(-c4ccc(OCCC(=O)O)cc4)c3n2)cc1.O=C1CCCCc2ccc(cc2)Nc2ncc3nnn(c3n2)-c2ccc(cc2)OCC1. The van der Waals surface area contributed by atoms with Gasteiger partial charge in [0.15, 0.2) is 22.3 Å². The summed E-state index contributed by atoms with van der Waals surface area (Å²) >= 11 is 0. The molecule has 8 heterocycles. The minimum Gasteiger partial charge on any atom is -0.493 e. The summed E-state index contributed by atoms with van der Waals surface area (Å²) in [7, 11) is 0. The lowest BCUT2D eigenvalue weighted by atomic mass is 10.0. The Bertz CT molecular complexity index is 2780. The summed E-state index contributed by atoms with van der Waals surface area (Å²) in [5.74, 6) is 1.54. The van der Waals surface area contributed by atoms with Gasteiger partial charge in [0.25, 0.3) is 0 Å². The number of hydrogen-bond acceptors (Lipinski definition) is 15. The molecule has 18 nitrogen and oxygen atoms in total. The van der Waals surface area contributed by atoms with E-state index in [1.165, 1.54) is 11.1 Å². The maximum absolute atomic E-state index is 12.1. The van der Waals surface area contributed by atoms with Crippen molar-refractivity contribution in [3.8, 4) is 22.9 Å². The fourth-order valence-corrected chi connectivity index (χ4v) is 6.68. The molecule has 6 bridgehead atoms. The van der Waals surface area contributed by atoms with Gasteiger partial charge in [0.05, 0.1) is 43.4 Å². The number of carboxylic acid groups (broad SMARTS) is 1. The van der Waals surface area contributed by atoms with Gasteiger partial charge in [-0.1, -0.05) is 34.7 Å². The average Bonchev–Trinajstić information content (AvgIpc) is 3.93. The van der Waals surface area contributed by atoms with Gasteiger partial charge in [-0.25, -0.2) is 9.97 Å². The zero-order valence-electron chi connectivity index (χ0n) is 34.3.